The van der Waals surface area contributed by atoms with E-state index in [1.165, 1.54) is 43.6 Å². The fraction of sp³-hybridized carbons (Fsp3) is 0.261. The van der Waals surface area contributed by atoms with Gasteiger partial charge in [-0.3, -0.25) is 4.79 Å². The number of anilines is 2. The van der Waals surface area contributed by atoms with Crippen molar-refractivity contribution >= 4 is 17.4 Å². The Morgan fingerprint density at radius 3 is 2.61 bits per heavy atom. The molecule has 10 heteroatoms. The molecular formula is C23H24FN5O4. The van der Waals surface area contributed by atoms with Gasteiger partial charge in [0.15, 0.2) is 11.5 Å². The summed E-state index contributed by atoms with van der Waals surface area (Å²) in [6.07, 6.45) is 3.06. The number of aliphatic hydroxyl groups is 1. The van der Waals surface area contributed by atoms with E-state index in [4.69, 9.17) is 15.2 Å². The highest BCUT2D eigenvalue weighted by Crippen LogP contribution is 2.32. The van der Waals surface area contributed by atoms with Crippen molar-refractivity contribution in [3.63, 3.8) is 0 Å². The van der Waals surface area contributed by atoms with Gasteiger partial charge in [0.25, 0.3) is 5.91 Å². The molecule has 0 aliphatic carbocycles. The molecule has 0 radical (unpaired) electrons. The molecule has 1 aliphatic heterocycles. The summed E-state index contributed by atoms with van der Waals surface area (Å²) in [5, 5.41) is 9.95. The number of carbonyl (C=O) groups is 1. The van der Waals surface area contributed by atoms with Crippen LogP contribution in [0.1, 0.15) is 10.5 Å². The average molecular weight is 453 g/mol. The molecule has 9 nitrogen and oxygen atoms in total. The Labute approximate surface area is 190 Å². The molecule has 0 bridgehead atoms. The third-order valence-electron chi connectivity index (χ3n) is 5.40. The van der Waals surface area contributed by atoms with Crippen LogP contribution >= 0.6 is 0 Å². The first-order chi connectivity index (χ1) is 16.0. The van der Waals surface area contributed by atoms with Crippen LogP contribution in [0.5, 0.6) is 17.2 Å². The van der Waals surface area contributed by atoms with Gasteiger partial charge < -0.3 is 30.1 Å². The predicted molar refractivity (Wildman–Crippen MR) is 120 cm³/mol. The van der Waals surface area contributed by atoms with Crippen LogP contribution in [0, 0.1) is 5.82 Å². The molecule has 1 atom stereocenters. The van der Waals surface area contributed by atoms with Crippen LogP contribution in [0.3, 0.4) is 0 Å². The lowest BCUT2D eigenvalue weighted by Crippen LogP contribution is -2.57. The highest BCUT2D eigenvalue weighted by atomic mass is 19.1. The van der Waals surface area contributed by atoms with Crippen LogP contribution in [-0.4, -0.2) is 65.3 Å². The highest BCUT2D eigenvalue weighted by molar-refractivity contribution is 5.93. The summed E-state index contributed by atoms with van der Waals surface area (Å²) in [5.74, 6) is 0.738. The van der Waals surface area contributed by atoms with Crippen molar-refractivity contribution in [3.05, 3.63) is 66.4 Å². The number of hydrogen-bond donors (Lipinski definition) is 2. The third-order valence-corrected chi connectivity index (χ3v) is 5.40. The SMILES string of the molecule is COc1cc(C(=O)N2CCN(c3ccc(N)nc3)C[C@@H]2CO)ncc1Oc1ccc(F)cc1. The maximum atomic E-state index is 13.2. The number of benzene rings is 1. The van der Waals surface area contributed by atoms with Crippen molar-refractivity contribution in [1.82, 2.24) is 14.9 Å². The van der Waals surface area contributed by atoms with Gasteiger partial charge in [0, 0.05) is 25.7 Å². The summed E-state index contributed by atoms with van der Waals surface area (Å²) in [4.78, 5) is 25.2. The topological polar surface area (TPSA) is 114 Å². The molecule has 172 valence electrons. The summed E-state index contributed by atoms with van der Waals surface area (Å²) < 4.78 is 24.2. The molecule has 3 heterocycles. The van der Waals surface area contributed by atoms with Gasteiger partial charge in [-0.05, 0) is 36.4 Å². The molecule has 33 heavy (non-hydrogen) atoms. The Kier molecular flexibility index (Phi) is 6.55. The zero-order valence-electron chi connectivity index (χ0n) is 18.0. The molecule has 3 N–H and O–H groups in total. The number of carbonyl (C=O) groups excluding carboxylic acids is 1. The zero-order valence-corrected chi connectivity index (χ0v) is 18.0. The van der Waals surface area contributed by atoms with Crippen molar-refractivity contribution in [1.29, 1.82) is 0 Å². The summed E-state index contributed by atoms with van der Waals surface area (Å²) in [7, 11) is 1.46. The van der Waals surface area contributed by atoms with E-state index in [0.29, 0.717) is 42.7 Å². The Bertz CT molecular complexity index is 1110. The minimum absolute atomic E-state index is 0.166. The standard InChI is InChI=1S/C23H24FN5O4/c1-32-20-10-19(26-12-21(20)33-18-5-2-15(24)3-6-18)23(31)29-9-8-28(13-17(29)14-30)16-4-7-22(25)27-11-16/h2-7,10-12,17,30H,8-9,13-14H2,1H3,(H2,25,27)/t17-/m1/s1. The number of hydrogen-bond acceptors (Lipinski definition) is 8. The van der Waals surface area contributed by atoms with Crippen molar-refractivity contribution in [3.8, 4) is 17.2 Å². The minimum atomic E-state index is -0.424. The summed E-state index contributed by atoms with van der Waals surface area (Å²) in [6.45, 7) is 1.20. The first-order valence-corrected chi connectivity index (χ1v) is 10.3. The summed E-state index contributed by atoms with van der Waals surface area (Å²) >= 11 is 0. The predicted octanol–water partition coefficient (Wildman–Crippen LogP) is 2.32. The van der Waals surface area contributed by atoms with Crippen LogP contribution in [-0.2, 0) is 0 Å². The number of nitrogen functional groups attached to an aromatic ring is 1. The van der Waals surface area contributed by atoms with Gasteiger partial charge in [-0.2, -0.15) is 0 Å². The fourth-order valence-corrected chi connectivity index (χ4v) is 3.65. The molecule has 1 saturated heterocycles. The second kappa shape index (κ2) is 9.70. The molecule has 1 aromatic carbocycles. The quantitative estimate of drug-likeness (QED) is 0.585. The van der Waals surface area contributed by atoms with Gasteiger partial charge in [0.2, 0.25) is 0 Å². The Morgan fingerprint density at radius 1 is 1.15 bits per heavy atom. The molecule has 1 fully saturated rings. The number of halogens is 1. The van der Waals surface area contributed by atoms with Gasteiger partial charge >= 0.3 is 0 Å². The van der Waals surface area contributed by atoms with Gasteiger partial charge in [-0.15, -0.1) is 0 Å². The monoisotopic (exact) mass is 453 g/mol. The second-order valence-electron chi connectivity index (χ2n) is 7.50. The smallest absolute Gasteiger partial charge is 0.273 e. The van der Waals surface area contributed by atoms with Crippen LogP contribution in [0.25, 0.3) is 0 Å². The first-order valence-electron chi connectivity index (χ1n) is 10.3. The van der Waals surface area contributed by atoms with Gasteiger partial charge in [0.05, 0.1) is 37.8 Å². The summed E-state index contributed by atoms with van der Waals surface area (Å²) in [6, 6.07) is 10.2. The van der Waals surface area contributed by atoms with E-state index in [1.54, 1.807) is 17.2 Å². The van der Waals surface area contributed by atoms with Crippen molar-refractivity contribution in [2.75, 3.05) is 44.0 Å². The number of methoxy groups -OCH3 is 1. The first kappa shape index (κ1) is 22.3. The van der Waals surface area contributed by atoms with Crippen LogP contribution in [0.2, 0.25) is 0 Å². The Balaban J connectivity index is 1.49. The lowest BCUT2D eigenvalue weighted by molar-refractivity contribution is 0.0559. The second-order valence-corrected chi connectivity index (χ2v) is 7.50. The van der Waals surface area contributed by atoms with E-state index < -0.39 is 6.04 Å². The molecule has 0 spiro atoms. The van der Waals surface area contributed by atoms with E-state index >= 15 is 0 Å². The fourth-order valence-electron chi connectivity index (χ4n) is 3.65. The van der Waals surface area contributed by atoms with Crippen LogP contribution < -0.4 is 20.1 Å². The zero-order chi connectivity index (χ0) is 23.4. The highest BCUT2D eigenvalue weighted by Gasteiger charge is 2.32. The molecule has 1 amide bonds. The normalized spacial score (nSPS) is 15.9. The number of piperazine rings is 1. The summed E-state index contributed by atoms with van der Waals surface area (Å²) in [5.41, 5.74) is 6.69. The lowest BCUT2D eigenvalue weighted by Gasteiger charge is -2.41. The molecule has 2 aromatic heterocycles. The van der Waals surface area contributed by atoms with Crippen molar-refractivity contribution < 1.29 is 23.8 Å². The van der Waals surface area contributed by atoms with Gasteiger partial charge in [0.1, 0.15) is 23.1 Å². The van der Waals surface area contributed by atoms with Crippen molar-refractivity contribution in [2.24, 2.45) is 0 Å². The van der Waals surface area contributed by atoms with E-state index in [-0.39, 0.29) is 24.0 Å². The molecule has 1 aliphatic rings. The Morgan fingerprint density at radius 2 is 1.94 bits per heavy atom. The van der Waals surface area contributed by atoms with E-state index in [0.717, 1.165) is 5.69 Å². The number of pyridine rings is 2. The third kappa shape index (κ3) is 4.96. The van der Waals surface area contributed by atoms with Crippen molar-refractivity contribution in [2.45, 2.75) is 6.04 Å². The average Bonchev–Trinajstić information content (AvgIpc) is 2.85. The molecular weight excluding hydrogens is 429 g/mol. The number of amides is 1. The minimum Gasteiger partial charge on any atom is -0.493 e. The maximum Gasteiger partial charge on any atom is 0.273 e. The molecule has 0 saturated carbocycles. The number of aliphatic hydroxyl groups excluding tert-OH is 1. The largest absolute Gasteiger partial charge is 0.493 e. The number of nitrogens with two attached hydrogens (primary N) is 1. The van der Waals surface area contributed by atoms with Gasteiger partial charge in [-0.25, -0.2) is 14.4 Å². The van der Waals surface area contributed by atoms with E-state index in [2.05, 4.69) is 9.97 Å². The number of ether oxygens (including phenoxy) is 2. The number of aromatic nitrogens is 2. The number of nitrogens with zero attached hydrogens (tertiary/aromatic N) is 4. The van der Waals surface area contributed by atoms with E-state index in [1.807, 2.05) is 11.0 Å². The van der Waals surface area contributed by atoms with Gasteiger partial charge in [-0.1, -0.05) is 0 Å². The molecule has 0 unspecified atom stereocenters. The Hall–Kier alpha value is -3.92. The lowest BCUT2D eigenvalue weighted by atomic mass is 10.1. The molecule has 3 aromatic rings. The maximum absolute atomic E-state index is 13.2. The molecule has 4 rings (SSSR count). The van der Waals surface area contributed by atoms with Crippen LogP contribution in [0.15, 0.2) is 54.9 Å². The van der Waals surface area contributed by atoms with Crippen LogP contribution in [0.4, 0.5) is 15.9 Å². The number of rotatable bonds is 6. The van der Waals surface area contributed by atoms with E-state index in [9.17, 15) is 14.3 Å².